The lowest BCUT2D eigenvalue weighted by Crippen LogP contribution is -2.53. The summed E-state index contributed by atoms with van der Waals surface area (Å²) < 4.78 is 11.0. The fourth-order valence-corrected chi connectivity index (χ4v) is 3.70. The number of nitrogens with zero attached hydrogens (tertiary/aromatic N) is 1. The Morgan fingerprint density at radius 3 is 2.14 bits per heavy atom. The fourth-order valence-electron chi connectivity index (χ4n) is 3.70. The maximum absolute atomic E-state index is 12.9. The molecule has 0 aromatic heterocycles. The molecule has 0 spiro atoms. The van der Waals surface area contributed by atoms with E-state index in [2.05, 4.69) is 0 Å². The lowest BCUT2D eigenvalue weighted by molar-refractivity contribution is -0.159. The average molecular weight is 383 g/mol. The molecule has 1 saturated heterocycles. The smallest absolute Gasteiger partial charge is 0.326 e. The van der Waals surface area contributed by atoms with Crippen molar-refractivity contribution in [3.8, 4) is 0 Å². The van der Waals surface area contributed by atoms with E-state index < -0.39 is 18.1 Å². The van der Waals surface area contributed by atoms with E-state index in [4.69, 9.17) is 9.47 Å². The quantitative estimate of drug-likeness (QED) is 0.674. The number of rotatable bonds is 9. The summed E-state index contributed by atoms with van der Waals surface area (Å²) in [6.45, 7) is 3.74. The summed E-state index contributed by atoms with van der Waals surface area (Å²) in [4.78, 5) is 14.9. The van der Waals surface area contributed by atoms with Crippen LogP contribution in [-0.4, -0.2) is 47.4 Å². The second-order valence-corrected chi connectivity index (χ2v) is 7.12. The molecule has 2 aromatic rings. The average Bonchev–Trinajstić information content (AvgIpc) is 3.25. The van der Waals surface area contributed by atoms with Gasteiger partial charge in [0.05, 0.1) is 12.7 Å². The Morgan fingerprint density at radius 2 is 1.68 bits per heavy atom. The molecule has 0 aliphatic carbocycles. The number of ether oxygens (including phenoxy) is 2. The minimum atomic E-state index is -0.936. The van der Waals surface area contributed by atoms with Crippen molar-refractivity contribution in [2.24, 2.45) is 0 Å². The number of benzene rings is 2. The third-order valence-corrected chi connectivity index (χ3v) is 5.05. The molecule has 0 amide bonds. The summed E-state index contributed by atoms with van der Waals surface area (Å²) in [5.41, 5.74) is 2.15. The summed E-state index contributed by atoms with van der Waals surface area (Å²) in [6, 6.07) is 19.2. The molecular formula is C23H29NO4. The van der Waals surface area contributed by atoms with Gasteiger partial charge in [-0.15, -0.1) is 0 Å². The van der Waals surface area contributed by atoms with Crippen LogP contribution in [0.1, 0.15) is 30.9 Å². The van der Waals surface area contributed by atoms with Crippen molar-refractivity contribution >= 4 is 5.97 Å². The predicted octanol–water partition coefficient (Wildman–Crippen LogP) is 3.16. The van der Waals surface area contributed by atoms with Gasteiger partial charge in [-0.2, -0.15) is 0 Å². The molecule has 1 heterocycles. The van der Waals surface area contributed by atoms with Crippen LogP contribution in [0.2, 0.25) is 0 Å². The molecule has 1 N–H and O–H groups in total. The van der Waals surface area contributed by atoms with Crippen LogP contribution in [0.5, 0.6) is 0 Å². The second-order valence-electron chi connectivity index (χ2n) is 7.12. The van der Waals surface area contributed by atoms with E-state index in [0.717, 1.165) is 24.0 Å². The van der Waals surface area contributed by atoms with E-state index >= 15 is 0 Å². The number of carbonyl (C=O) groups is 1. The van der Waals surface area contributed by atoms with Gasteiger partial charge in [0.1, 0.15) is 12.1 Å². The number of carbonyl (C=O) groups excluding carboxylic acids is 1. The highest BCUT2D eigenvalue weighted by Gasteiger charge is 2.40. The zero-order valence-corrected chi connectivity index (χ0v) is 16.4. The third kappa shape index (κ3) is 5.41. The van der Waals surface area contributed by atoms with Crippen LogP contribution in [0.3, 0.4) is 0 Å². The van der Waals surface area contributed by atoms with Crippen LogP contribution < -0.4 is 0 Å². The minimum Gasteiger partial charge on any atom is -0.465 e. The maximum Gasteiger partial charge on any atom is 0.326 e. The van der Waals surface area contributed by atoms with Crippen molar-refractivity contribution in [3.63, 3.8) is 0 Å². The highest BCUT2D eigenvalue weighted by molar-refractivity contribution is 5.76. The van der Waals surface area contributed by atoms with Crippen molar-refractivity contribution in [1.29, 1.82) is 0 Å². The van der Waals surface area contributed by atoms with Gasteiger partial charge in [-0.05, 0) is 30.9 Å². The predicted molar refractivity (Wildman–Crippen MR) is 108 cm³/mol. The molecule has 3 rings (SSSR count). The Morgan fingerprint density at radius 1 is 1.11 bits per heavy atom. The molecule has 150 valence electrons. The first-order chi connectivity index (χ1) is 13.7. The Balaban J connectivity index is 1.89. The Hall–Kier alpha value is -2.21. The fraction of sp³-hybridized carbons (Fsp3) is 0.435. The van der Waals surface area contributed by atoms with Crippen LogP contribution in [0.15, 0.2) is 60.7 Å². The van der Waals surface area contributed by atoms with Crippen LogP contribution in [0.25, 0.3) is 0 Å². The molecule has 28 heavy (non-hydrogen) atoms. The first kappa shape index (κ1) is 20.5. The second kappa shape index (κ2) is 10.4. The molecule has 5 nitrogen and oxygen atoms in total. The zero-order valence-electron chi connectivity index (χ0n) is 16.4. The van der Waals surface area contributed by atoms with Gasteiger partial charge in [-0.3, -0.25) is 9.69 Å². The number of hydrogen-bond donors (Lipinski definition) is 1. The molecule has 2 aromatic carbocycles. The third-order valence-electron chi connectivity index (χ3n) is 5.05. The topological polar surface area (TPSA) is 59.0 Å². The van der Waals surface area contributed by atoms with Crippen LogP contribution in [-0.2, 0) is 27.4 Å². The van der Waals surface area contributed by atoms with E-state index in [1.807, 2.05) is 65.6 Å². The van der Waals surface area contributed by atoms with E-state index in [1.165, 1.54) is 0 Å². The van der Waals surface area contributed by atoms with Gasteiger partial charge in [0.25, 0.3) is 0 Å². The van der Waals surface area contributed by atoms with Gasteiger partial charge in [0.2, 0.25) is 0 Å². The van der Waals surface area contributed by atoms with E-state index in [-0.39, 0.29) is 12.7 Å². The Bertz CT molecular complexity index is 674. The summed E-state index contributed by atoms with van der Waals surface area (Å²) in [5, 5.41) is 11.1. The van der Waals surface area contributed by atoms with Crippen LogP contribution >= 0.6 is 0 Å². The number of hydrogen-bond acceptors (Lipinski definition) is 5. The van der Waals surface area contributed by atoms with Crippen molar-refractivity contribution in [2.45, 2.75) is 51.1 Å². The molecule has 0 bridgehead atoms. The monoisotopic (exact) mass is 383 g/mol. The lowest BCUT2D eigenvalue weighted by atomic mass is 10.00. The lowest BCUT2D eigenvalue weighted by Gasteiger charge is -2.35. The molecule has 1 aliphatic rings. The first-order valence-electron chi connectivity index (χ1n) is 9.97. The standard InChI is InChI=1S/C23H29NO4/c1-2-27-23(26)21(22(25)20-14-9-15-28-20)24(16-18-10-5-3-6-11-18)17-19-12-7-4-8-13-19/h3-8,10-13,20-22,25H,2,9,14-17H2,1H3/t20-,21-,22-/m0/s1. The van der Waals surface area contributed by atoms with Gasteiger partial charge in [0.15, 0.2) is 0 Å². The molecular weight excluding hydrogens is 354 g/mol. The summed E-state index contributed by atoms with van der Waals surface area (Å²) in [7, 11) is 0. The van der Waals surface area contributed by atoms with Crippen molar-refractivity contribution < 1.29 is 19.4 Å². The molecule has 5 heteroatoms. The number of esters is 1. The molecule has 0 radical (unpaired) electrons. The Kier molecular flexibility index (Phi) is 7.60. The van der Waals surface area contributed by atoms with Crippen molar-refractivity contribution in [2.75, 3.05) is 13.2 Å². The summed E-state index contributed by atoms with van der Waals surface area (Å²) >= 11 is 0. The van der Waals surface area contributed by atoms with E-state index in [1.54, 1.807) is 6.92 Å². The maximum atomic E-state index is 12.9. The van der Waals surface area contributed by atoms with Crippen LogP contribution in [0, 0.1) is 0 Å². The van der Waals surface area contributed by atoms with E-state index in [0.29, 0.717) is 19.7 Å². The van der Waals surface area contributed by atoms with Crippen molar-refractivity contribution in [3.05, 3.63) is 71.8 Å². The summed E-state index contributed by atoms with van der Waals surface area (Å²) in [5.74, 6) is -0.405. The van der Waals surface area contributed by atoms with Gasteiger partial charge in [-0.1, -0.05) is 60.7 Å². The highest BCUT2D eigenvalue weighted by atomic mass is 16.5. The molecule has 1 fully saturated rings. The normalized spacial score (nSPS) is 18.8. The number of aliphatic hydroxyl groups is 1. The van der Waals surface area contributed by atoms with Gasteiger partial charge < -0.3 is 14.6 Å². The minimum absolute atomic E-state index is 0.276. The van der Waals surface area contributed by atoms with Crippen LogP contribution in [0.4, 0.5) is 0 Å². The van der Waals surface area contributed by atoms with E-state index in [9.17, 15) is 9.90 Å². The number of aliphatic hydroxyl groups excluding tert-OH is 1. The Labute approximate surface area is 166 Å². The van der Waals surface area contributed by atoms with Gasteiger partial charge in [-0.25, -0.2) is 0 Å². The molecule has 1 aliphatic heterocycles. The molecule has 0 unspecified atom stereocenters. The molecule has 0 saturated carbocycles. The van der Waals surface area contributed by atoms with Gasteiger partial charge >= 0.3 is 5.97 Å². The largest absolute Gasteiger partial charge is 0.465 e. The first-order valence-corrected chi connectivity index (χ1v) is 9.97. The molecule has 3 atom stereocenters. The van der Waals surface area contributed by atoms with Gasteiger partial charge in [0, 0.05) is 19.7 Å². The summed E-state index contributed by atoms with van der Waals surface area (Å²) in [6.07, 6.45) is 0.369. The van der Waals surface area contributed by atoms with Crippen molar-refractivity contribution in [1.82, 2.24) is 4.90 Å². The highest BCUT2D eigenvalue weighted by Crippen LogP contribution is 2.24. The SMILES string of the molecule is CCOC(=O)[C@H]([C@@H](O)[C@@H]1CCCO1)N(Cc1ccccc1)Cc1ccccc1. The zero-order chi connectivity index (χ0) is 19.8.